The summed E-state index contributed by atoms with van der Waals surface area (Å²) < 4.78 is 0. The molecule has 0 heterocycles. The Hall–Kier alpha value is -1.56. The average Bonchev–Trinajstić information content (AvgIpc) is 2.39. The number of benzene rings is 2. The first-order valence-corrected chi connectivity index (χ1v) is 6.70. The Labute approximate surface area is 119 Å². The number of nitro benzene ring substituents is 1. The van der Waals surface area contributed by atoms with Crippen LogP contribution in [-0.2, 0) is 6.54 Å². The van der Waals surface area contributed by atoms with Gasteiger partial charge in [0.1, 0.15) is 0 Å². The average molecular weight is 295 g/mol. The number of nitrogens with two attached hydrogens (primary N) is 1. The van der Waals surface area contributed by atoms with Gasteiger partial charge in [-0.2, -0.15) is 0 Å². The van der Waals surface area contributed by atoms with Gasteiger partial charge in [-0.1, -0.05) is 29.4 Å². The Morgan fingerprint density at radius 3 is 2.32 bits per heavy atom. The van der Waals surface area contributed by atoms with Crippen LogP contribution in [0.25, 0.3) is 0 Å². The van der Waals surface area contributed by atoms with Gasteiger partial charge in [0.25, 0.3) is 5.69 Å². The molecule has 0 aliphatic carbocycles. The second kappa shape index (κ2) is 6.06. The van der Waals surface area contributed by atoms with Gasteiger partial charge in [0.15, 0.2) is 0 Å². The van der Waals surface area contributed by atoms with Crippen molar-refractivity contribution in [3.63, 3.8) is 0 Å². The number of nitro groups is 1. The number of halogens is 1. The summed E-state index contributed by atoms with van der Waals surface area (Å²) in [5.41, 5.74) is 6.53. The Morgan fingerprint density at radius 1 is 1.16 bits per heavy atom. The summed E-state index contributed by atoms with van der Waals surface area (Å²) in [5, 5.41) is 11.2. The van der Waals surface area contributed by atoms with E-state index in [0.29, 0.717) is 11.6 Å². The Balaban J connectivity index is 2.16. The monoisotopic (exact) mass is 294 g/mol. The third-order valence-corrected chi connectivity index (χ3v) is 3.88. The van der Waals surface area contributed by atoms with Crippen molar-refractivity contribution in [3.8, 4) is 0 Å². The molecule has 0 aromatic heterocycles. The summed E-state index contributed by atoms with van der Waals surface area (Å²) in [4.78, 5) is 12.0. The fourth-order valence-corrected chi connectivity index (χ4v) is 2.71. The molecule has 98 valence electrons. The van der Waals surface area contributed by atoms with Gasteiger partial charge in [-0.25, -0.2) is 0 Å². The number of hydrogen-bond acceptors (Lipinski definition) is 4. The van der Waals surface area contributed by atoms with Gasteiger partial charge in [0.2, 0.25) is 0 Å². The van der Waals surface area contributed by atoms with Gasteiger partial charge >= 0.3 is 0 Å². The van der Waals surface area contributed by atoms with Crippen molar-refractivity contribution in [2.45, 2.75) is 16.3 Å². The molecule has 2 aromatic rings. The number of rotatable bonds is 4. The second-order valence-electron chi connectivity index (χ2n) is 3.81. The summed E-state index contributed by atoms with van der Waals surface area (Å²) >= 11 is 7.57. The maximum absolute atomic E-state index is 10.6. The highest BCUT2D eigenvalue weighted by Gasteiger charge is 2.06. The molecule has 0 spiro atoms. The maximum atomic E-state index is 10.6. The molecule has 2 rings (SSSR count). The summed E-state index contributed by atoms with van der Waals surface area (Å²) in [6.45, 7) is 0.404. The van der Waals surface area contributed by atoms with Crippen LogP contribution in [0.1, 0.15) is 5.56 Å². The van der Waals surface area contributed by atoms with E-state index in [2.05, 4.69) is 0 Å². The fraction of sp³-hybridized carbons (Fsp3) is 0.0769. The van der Waals surface area contributed by atoms with Gasteiger partial charge in [-0.3, -0.25) is 10.1 Å². The smallest absolute Gasteiger partial charge is 0.269 e. The number of nitrogens with zero attached hydrogens (tertiary/aromatic N) is 1. The van der Waals surface area contributed by atoms with E-state index in [9.17, 15) is 10.1 Å². The minimum atomic E-state index is -0.415. The zero-order valence-electron chi connectivity index (χ0n) is 9.88. The minimum absolute atomic E-state index is 0.0841. The van der Waals surface area contributed by atoms with Crippen molar-refractivity contribution in [2.24, 2.45) is 5.73 Å². The van der Waals surface area contributed by atoms with E-state index in [1.807, 2.05) is 18.2 Å². The van der Waals surface area contributed by atoms with Crippen LogP contribution < -0.4 is 5.73 Å². The van der Waals surface area contributed by atoms with Crippen LogP contribution in [0.5, 0.6) is 0 Å². The van der Waals surface area contributed by atoms with Gasteiger partial charge < -0.3 is 5.73 Å². The van der Waals surface area contributed by atoms with E-state index in [1.165, 1.54) is 23.9 Å². The molecule has 0 aliphatic heterocycles. The highest BCUT2D eigenvalue weighted by molar-refractivity contribution is 7.99. The molecule has 0 bridgehead atoms. The molecule has 0 radical (unpaired) electrons. The van der Waals surface area contributed by atoms with E-state index in [4.69, 9.17) is 17.3 Å². The molecule has 4 nitrogen and oxygen atoms in total. The normalized spacial score (nSPS) is 10.4. The molecule has 0 saturated heterocycles. The fourth-order valence-electron chi connectivity index (χ4n) is 1.53. The van der Waals surface area contributed by atoms with Gasteiger partial charge in [0, 0.05) is 33.5 Å². The molecule has 0 amide bonds. The quantitative estimate of drug-likeness (QED) is 0.687. The van der Waals surface area contributed by atoms with Gasteiger partial charge in [0.05, 0.1) is 4.92 Å². The molecule has 2 N–H and O–H groups in total. The van der Waals surface area contributed by atoms with Gasteiger partial charge in [-0.15, -0.1) is 0 Å². The lowest BCUT2D eigenvalue weighted by Crippen LogP contribution is -1.96. The number of hydrogen-bond donors (Lipinski definition) is 1. The first kappa shape index (κ1) is 13.9. The van der Waals surface area contributed by atoms with Crippen molar-refractivity contribution < 1.29 is 4.92 Å². The number of non-ortho nitro benzene ring substituents is 1. The molecule has 2 aromatic carbocycles. The predicted octanol–water partition coefficient (Wildman–Crippen LogP) is 3.86. The standard InChI is InChI=1S/C13H11ClN2O2S/c14-13-7-12(4-1-9(13)8-15)19-11-5-2-10(3-6-11)16(17)18/h1-7H,8,15H2. The summed E-state index contributed by atoms with van der Waals surface area (Å²) in [5.74, 6) is 0. The molecule has 0 unspecified atom stereocenters. The molecule has 0 saturated carbocycles. The molecule has 0 atom stereocenters. The van der Waals surface area contributed by atoms with Crippen molar-refractivity contribution in [3.05, 3.63) is 63.2 Å². The van der Waals surface area contributed by atoms with E-state index in [-0.39, 0.29) is 5.69 Å². The third kappa shape index (κ3) is 3.47. The Kier molecular flexibility index (Phi) is 4.42. The van der Waals surface area contributed by atoms with Crippen molar-refractivity contribution >= 4 is 29.1 Å². The van der Waals surface area contributed by atoms with Crippen molar-refractivity contribution in [1.29, 1.82) is 0 Å². The Morgan fingerprint density at radius 2 is 1.79 bits per heavy atom. The lowest BCUT2D eigenvalue weighted by Gasteiger charge is -2.05. The third-order valence-electron chi connectivity index (χ3n) is 2.53. The van der Waals surface area contributed by atoms with Gasteiger partial charge in [-0.05, 0) is 29.8 Å². The first-order valence-electron chi connectivity index (χ1n) is 5.51. The van der Waals surface area contributed by atoms with Crippen LogP contribution in [0.4, 0.5) is 5.69 Å². The zero-order chi connectivity index (χ0) is 13.8. The highest BCUT2D eigenvalue weighted by Crippen LogP contribution is 2.31. The van der Waals surface area contributed by atoms with Crippen LogP contribution in [-0.4, -0.2) is 4.92 Å². The topological polar surface area (TPSA) is 69.2 Å². The van der Waals surface area contributed by atoms with E-state index in [0.717, 1.165) is 15.4 Å². The van der Waals surface area contributed by atoms with E-state index < -0.39 is 4.92 Å². The zero-order valence-corrected chi connectivity index (χ0v) is 11.4. The van der Waals surface area contributed by atoms with E-state index >= 15 is 0 Å². The van der Waals surface area contributed by atoms with Crippen LogP contribution in [0.3, 0.4) is 0 Å². The molecular formula is C13H11ClN2O2S. The lowest BCUT2D eigenvalue weighted by atomic mass is 10.2. The molecular weight excluding hydrogens is 284 g/mol. The molecule has 0 aliphatic rings. The van der Waals surface area contributed by atoms with Crippen molar-refractivity contribution in [1.82, 2.24) is 0 Å². The maximum Gasteiger partial charge on any atom is 0.269 e. The Bertz CT molecular complexity index is 602. The van der Waals surface area contributed by atoms with Crippen LogP contribution in [0.2, 0.25) is 5.02 Å². The molecule has 6 heteroatoms. The predicted molar refractivity (Wildman–Crippen MR) is 76.6 cm³/mol. The molecule has 0 fully saturated rings. The van der Waals surface area contributed by atoms with Crippen molar-refractivity contribution in [2.75, 3.05) is 0 Å². The first-order chi connectivity index (χ1) is 9.10. The van der Waals surface area contributed by atoms with Crippen LogP contribution in [0, 0.1) is 10.1 Å². The van der Waals surface area contributed by atoms with Crippen LogP contribution >= 0.6 is 23.4 Å². The molecule has 19 heavy (non-hydrogen) atoms. The summed E-state index contributed by atoms with van der Waals surface area (Å²) in [6.07, 6.45) is 0. The SMILES string of the molecule is NCc1ccc(Sc2ccc([N+](=O)[O-])cc2)cc1Cl. The highest BCUT2D eigenvalue weighted by atomic mass is 35.5. The van der Waals surface area contributed by atoms with E-state index in [1.54, 1.807) is 12.1 Å². The summed E-state index contributed by atoms with van der Waals surface area (Å²) in [6, 6.07) is 12.1. The van der Waals surface area contributed by atoms with Crippen LogP contribution in [0.15, 0.2) is 52.3 Å². The largest absolute Gasteiger partial charge is 0.326 e. The minimum Gasteiger partial charge on any atom is -0.326 e. The lowest BCUT2D eigenvalue weighted by molar-refractivity contribution is -0.384. The summed E-state index contributed by atoms with van der Waals surface area (Å²) in [7, 11) is 0. The second-order valence-corrected chi connectivity index (χ2v) is 5.36.